The van der Waals surface area contributed by atoms with Crippen LogP contribution in [0.25, 0.3) is 0 Å². The van der Waals surface area contributed by atoms with Gasteiger partial charge in [-0.1, -0.05) is 47.5 Å². The number of para-hydroxylation sites is 1. The summed E-state index contributed by atoms with van der Waals surface area (Å²) in [7, 11) is 0. The summed E-state index contributed by atoms with van der Waals surface area (Å²) >= 11 is 12.5. The number of ether oxygens (including phenoxy) is 2. The second-order valence-electron chi connectivity index (χ2n) is 5.36. The normalized spacial score (nSPS) is 17.4. The molecular formula is C18H17Cl2NO3. The zero-order valence-corrected chi connectivity index (χ0v) is 14.7. The Morgan fingerprint density at radius 2 is 1.88 bits per heavy atom. The average Bonchev–Trinajstić information content (AvgIpc) is 2.93. The minimum atomic E-state index is -0.521. The summed E-state index contributed by atoms with van der Waals surface area (Å²) < 4.78 is 11.4. The first-order chi connectivity index (χ1) is 11.6. The van der Waals surface area contributed by atoms with Crippen molar-refractivity contribution in [2.45, 2.75) is 19.7 Å². The third kappa shape index (κ3) is 3.36. The largest absolute Gasteiger partial charge is 0.493 e. The van der Waals surface area contributed by atoms with Gasteiger partial charge >= 0.3 is 0 Å². The molecule has 2 aromatic carbocycles. The van der Waals surface area contributed by atoms with Crippen molar-refractivity contribution in [1.29, 1.82) is 0 Å². The van der Waals surface area contributed by atoms with Gasteiger partial charge in [-0.2, -0.15) is 0 Å². The summed E-state index contributed by atoms with van der Waals surface area (Å²) in [5, 5.41) is 1.05. The van der Waals surface area contributed by atoms with Crippen molar-refractivity contribution >= 4 is 29.1 Å². The summed E-state index contributed by atoms with van der Waals surface area (Å²) in [5.41, 5.74) is 1.52. The van der Waals surface area contributed by atoms with Crippen molar-refractivity contribution in [3.63, 3.8) is 0 Å². The summed E-state index contributed by atoms with van der Waals surface area (Å²) in [6.45, 7) is 2.75. The van der Waals surface area contributed by atoms with Crippen LogP contribution in [-0.2, 0) is 16.1 Å². The van der Waals surface area contributed by atoms with E-state index in [1.807, 2.05) is 31.2 Å². The maximum absolute atomic E-state index is 12.3. The Kier molecular flexibility index (Phi) is 5.29. The lowest BCUT2D eigenvalue weighted by molar-refractivity contribution is -0.128. The van der Waals surface area contributed by atoms with Crippen LogP contribution in [0.2, 0.25) is 10.0 Å². The number of hydrogen-bond acceptors (Lipinski definition) is 3. The van der Waals surface area contributed by atoms with Gasteiger partial charge in [0.1, 0.15) is 12.4 Å². The molecule has 1 unspecified atom stereocenters. The van der Waals surface area contributed by atoms with Gasteiger partial charge in [0.15, 0.2) is 6.23 Å². The van der Waals surface area contributed by atoms with E-state index >= 15 is 0 Å². The molecule has 0 radical (unpaired) electrons. The lowest BCUT2D eigenvalue weighted by atomic mass is 10.1. The highest BCUT2D eigenvalue weighted by Gasteiger charge is 2.35. The molecule has 0 spiro atoms. The fraction of sp³-hybridized carbons (Fsp3) is 0.278. The van der Waals surface area contributed by atoms with Crippen LogP contribution in [-0.4, -0.2) is 24.0 Å². The molecule has 1 fully saturated rings. The molecule has 0 aromatic heterocycles. The maximum atomic E-state index is 12.3. The van der Waals surface area contributed by atoms with Gasteiger partial charge in [-0.3, -0.25) is 4.79 Å². The van der Waals surface area contributed by atoms with Crippen LogP contribution in [0.15, 0.2) is 42.5 Å². The monoisotopic (exact) mass is 365 g/mol. The number of amides is 1. The first-order valence-electron chi connectivity index (χ1n) is 7.67. The fourth-order valence-corrected chi connectivity index (χ4v) is 3.22. The molecule has 1 amide bonds. The van der Waals surface area contributed by atoms with Crippen molar-refractivity contribution in [2.75, 3.05) is 13.2 Å². The SMILES string of the molecule is CCOc1ccccc1C1OCC(=O)N1Cc1c(Cl)cccc1Cl. The zero-order valence-electron chi connectivity index (χ0n) is 13.2. The topological polar surface area (TPSA) is 38.8 Å². The third-order valence-electron chi connectivity index (χ3n) is 3.84. The number of rotatable bonds is 5. The van der Waals surface area contributed by atoms with Gasteiger partial charge in [-0.05, 0) is 25.1 Å². The summed E-state index contributed by atoms with van der Waals surface area (Å²) in [4.78, 5) is 14.0. The molecule has 1 atom stereocenters. The molecule has 0 N–H and O–H groups in total. The van der Waals surface area contributed by atoms with E-state index in [9.17, 15) is 4.79 Å². The van der Waals surface area contributed by atoms with Crippen LogP contribution in [0.1, 0.15) is 24.3 Å². The minimum absolute atomic E-state index is 0.0210. The molecular weight excluding hydrogens is 349 g/mol. The number of nitrogens with zero attached hydrogens (tertiary/aromatic N) is 1. The number of carbonyl (C=O) groups excluding carboxylic acids is 1. The molecule has 126 valence electrons. The quantitative estimate of drug-likeness (QED) is 0.785. The third-order valence-corrected chi connectivity index (χ3v) is 4.55. The predicted octanol–water partition coefficient (Wildman–Crippen LogP) is 4.45. The molecule has 1 aliphatic heterocycles. The number of halogens is 2. The van der Waals surface area contributed by atoms with E-state index in [1.54, 1.807) is 23.1 Å². The van der Waals surface area contributed by atoms with Crippen molar-refractivity contribution in [3.05, 3.63) is 63.6 Å². The number of hydrogen-bond donors (Lipinski definition) is 0. The lowest BCUT2D eigenvalue weighted by Crippen LogP contribution is -2.28. The second kappa shape index (κ2) is 7.43. The van der Waals surface area contributed by atoms with Gasteiger partial charge in [0.25, 0.3) is 5.91 Å². The van der Waals surface area contributed by atoms with E-state index < -0.39 is 6.23 Å². The van der Waals surface area contributed by atoms with Crippen molar-refractivity contribution in [2.24, 2.45) is 0 Å². The highest BCUT2D eigenvalue weighted by Crippen LogP contribution is 2.36. The van der Waals surface area contributed by atoms with E-state index in [1.165, 1.54) is 0 Å². The average molecular weight is 366 g/mol. The van der Waals surface area contributed by atoms with Gasteiger partial charge in [-0.25, -0.2) is 0 Å². The first-order valence-corrected chi connectivity index (χ1v) is 8.43. The molecule has 1 aliphatic rings. The Hall–Kier alpha value is -1.75. The first kappa shape index (κ1) is 17.1. The standard InChI is InChI=1S/C18H17Cl2NO3/c1-2-23-16-9-4-3-6-12(16)18-21(17(22)11-24-18)10-13-14(19)7-5-8-15(13)20/h3-9,18H,2,10-11H2,1H3. The second-order valence-corrected chi connectivity index (χ2v) is 6.17. The predicted molar refractivity (Wildman–Crippen MR) is 93.3 cm³/mol. The van der Waals surface area contributed by atoms with E-state index in [0.29, 0.717) is 28.0 Å². The molecule has 24 heavy (non-hydrogen) atoms. The van der Waals surface area contributed by atoms with E-state index in [2.05, 4.69) is 0 Å². The molecule has 0 saturated carbocycles. The lowest BCUT2D eigenvalue weighted by Gasteiger charge is -2.25. The maximum Gasteiger partial charge on any atom is 0.251 e. The highest BCUT2D eigenvalue weighted by atomic mass is 35.5. The fourth-order valence-electron chi connectivity index (χ4n) is 2.71. The minimum Gasteiger partial charge on any atom is -0.493 e. The summed E-state index contributed by atoms with van der Waals surface area (Å²) in [6, 6.07) is 12.8. The Balaban J connectivity index is 1.93. The van der Waals surface area contributed by atoms with Gasteiger partial charge < -0.3 is 14.4 Å². The summed E-state index contributed by atoms with van der Waals surface area (Å²) in [5.74, 6) is 0.595. The Morgan fingerprint density at radius 3 is 2.58 bits per heavy atom. The smallest absolute Gasteiger partial charge is 0.251 e. The Labute approximate surface area is 150 Å². The van der Waals surface area contributed by atoms with E-state index in [4.69, 9.17) is 32.7 Å². The van der Waals surface area contributed by atoms with Gasteiger partial charge in [-0.15, -0.1) is 0 Å². The van der Waals surface area contributed by atoms with E-state index in [-0.39, 0.29) is 19.1 Å². The van der Waals surface area contributed by atoms with Crippen LogP contribution in [0, 0.1) is 0 Å². The molecule has 0 bridgehead atoms. The van der Waals surface area contributed by atoms with Crippen molar-refractivity contribution in [3.8, 4) is 5.75 Å². The van der Waals surface area contributed by atoms with Gasteiger partial charge in [0, 0.05) is 21.2 Å². The van der Waals surface area contributed by atoms with Crippen LogP contribution < -0.4 is 4.74 Å². The molecule has 1 heterocycles. The molecule has 0 aliphatic carbocycles. The Bertz CT molecular complexity index is 731. The zero-order chi connectivity index (χ0) is 17.1. The van der Waals surface area contributed by atoms with Gasteiger partial charge in [0.2, 0.25) is 0 Å². The summed E-state index contributed by atoms with van der Waals surface area (Å²) in [6.07, 6.45) is -0.521. The number of benzene rings is 2. The van der Waals surface area contributed by atoms with Gasteiger partial charge in [0.05, 0.1) is 13.2 Å². The molecule has 2 aromatic rings. The van der Waals surface area contributed by atoms with Crippen molar-refractivity contribution in [1.82, 2.24) is 4.90 Å². The molecule has 6 heteroatoms. The van der Waals surface area contributed by atoms with E-state index in [0.717, 1.165) is 5.56 Å². The van der Waals surface area contributed by atoms with Crippen LogP contribution in [0.3, 0.4) is 0 Å². The highest BCUT2D eigenvalue weighted by molar-refractivity contribution is 6.36. The molecule has 4 nitrogen and oxygen atoms in total. The van der Waals surface area contributed by atoms with Crippen molar-refractivity contribution < 1.29 is 14.3 Å². The molecule has 1 saturated heterocycles. The van der Waals surface area contributed by atoms with Crippen LogP contribution >= 0.6 is 23.2 Å². The van der Waals surface area contributed by atoms with Crippen LogP contribution in [0.4, 0.5) is 0 Å². The molecule has 3 rings (SSSR count). The number of carbonyl (C=O) groups is 1. The van der Waals surface area contributed by atoms with Crippen LogP contribution in [0.5, 0.6) is 5.75 Å². The Morgan fingerprint density at radius 1 is 1.17 bits per heavy atom.